The molecule has 2 aromatic carbocycles. The van der Waals surface area contributed by atoms with Crippen LogP contribution in [0, 0.1) is 5.41 Å². The number of hydrogen-bond acceptors (Lipinski definition) is 7. The number of nitrogens with one attached hydrogen (secondary N) is 1. The molecule has 0 radical (unpaired) electrons. The lowest BCUT2D eigenvalue weighted by Gasteiger charge is -2.37. The molecule has 5 rings (SSSR count). The zero-order chi connectivity index (χ0) is 23.9. The van der Waals surface area contributed by atoms with Crippen LogP contribution in [0.2, 0.25) is 0 Å². The zero-order valence-corrected chi connectivity index (χ0v) is 18.5. The van der Waals surface area contributed by atoms with Crippen LogP contribution in [0.25, 0.3) is 16.9 Å². The Kier molecular flexibility index (Phi) is 5.05. The molecule has 2 aromatic heterocycles. The second-order valence-corrected chi connectivity index (χ2v) is 8.51. The number of carbonyl (C=O) groups excluding carboxylic acids is 2. The largest absolute Gasteiger partial charge is 0.438 e. The van der Waals surface area contributed by atoms with Crippen LogP contribution >= 0.6 is 0 Å². The summed E-state index contributed by atoms with van der Waals surface area (Å²) in [6.07, 6.45) is 1.52. The number of nitrogens with two attached hydrogens (primary N) is 1. The van der Waals surface area contributed by atoms with Gasteiger partial charge in [-0.2, -0.15) is 0 Å². The number of pyridine rings is 1. The first-order valence-electron chi connectivity index (χ1n) is 10.6. The molecule has 3 amide bonds. The second-order valence-electron chi connectivity index (χ2n) is 8.51. The van der Waals surface area contributed by atoms with Crippen molar-refractivity contribution in [2.75, 3.05) is 0 Å². The Morgan fingerprint density at radius 1 is 1.03 bits per heavy atom. The van der Waals surface area contributed by atoms with E-state index in [2.05, 4.69) is 20.8 Å². The van der Waals surface area contributed by atoms with Gasteiger partial charge in [-0.25, -0.2) is 14.5 Å². The Bertz CT molecular complexity index is 1380. The Hall–Kier alpha value is -4.60. The number of primary amides is 1. The Labute approximate surface area is 194 Å². The maximum atomic E-state index is 12.9. The molecule has 1 aliphatic rings. The topological polar surface area (TPSA) is 138 Å². The van der Waals surface area contributed by atoms with Gasteiger partial charge in [-0.1, -0.05) is 50.2 Å². The summed E-state index contributed by atoms with van der Waals surface area (Å²) >= 11 is 0. The second kappa shape index (κ2) is 8.07. The molecule has 0 fully saturated rings. The van der Waals surface area contributed by atoms with Crippen molar-refractivity contribution in [1.82, 2.24) is 30.5 Å². The number of para-hydroxylation sites is 1. The van der Waals surface area contributed by atoms with E-state index in [1.807, 2.05) is 60.7 Å². The molecule has 34 heavy (non-hydrogen) atoms. The third kappa shape index (κ3) is 3.64. The van der Waals surface area contributed by atoms with Crippen LogP contribution in [0.4, 0.5) is 4.79 Å². The standard InChI is InChI=1S/C24H21N7O3/c1-24(2,22(32)28-23(25)33)20-16-5-3-4-6-19(16)34-21-17(20)11-12-18(27-21)14-7-9-15(10-8-14)31-13-26-29-30-31/h3-13,20H,1-2H3,(H3,25,28,32,33)/t20-/m0/s1. The first-order chi connectivity index (χ1) is 16.3. The molecule has 0 saturated carbocycles. The molecule has 1 atom stereocenters. The van der Waals surface area contributed by atoms with Crippen molar-refractivity contribution in [3.8, 4) is 28.6 Å². The molecule has 0 spiro atoms. The van der Waals surface area contributed by atoms with E-state index in [1.165, 1.54) is 6.33 Å². The van der Waals surface area contributed by atoms with Crippen molar-refractivity contribution < 1.29 is 14.3 Å². The fraction of sp³-hybridized carbons (Fsp3) is 0.167. The van der Waals surface area contributed by atoms with Gasteiger partial charge in [0, 0.05) is 22.6 Å². The quantitative estimate of drug-likeness (QED) is 0.482. The molecule has 4 aromatic rings. The first kappa shape index (κ1) is 21.3. The first-order valence-corrected chi connectivity index (χ1v) is 10.6. The molecular weight excluding hydrogens is 434 g/mol. The summed E-state index contributed by atoms with van der Waals surface area (Å²) in [6.45, 7) is 3.54. The van der Waals surface area contributed by atoms with Crippen molar-refractivity contribution in [3.63, 3.8) is 0 Å². The van der Waals surface area contributed by atoms with Crippen LogP contribution in [0.5, 0.6) is 11.6 Å². The van der Waals surface area contributed by atoms with E-state index in [4.69, 9.17) is 15.5 Å². The minimum atomic E-state index is -1.01. The Morgan fingerprint density at radius 2 is 1.79 bits per heavy atom. The molecule has 3 heterocycles. The summed E-state index contributed by atoms with van der Waals surface area (Å²) in [5.74, 6) is 0.134. The summed E-state index contributed by atoms with van der Waals surface area (Å²) in [6, 6.07) is 18.0. The molecule has 0 aliphatic carbocycles. The predicted octanol–water partition coefficient (Wildman–Crippen LogP) is 3.18. The van der Waals surface area contributed by atoms with Gasteiger partial charge >= 0.3 is 6.03 Å². The fourth-order valence-corrected chi connectivity index (χ4v) is 4.24. The van der Waals surface area contributed by atoms with E-state index < -0.39 is 23.3 Å². The predicted molar refractivity (Wildman–Crippen MR) is 122 cm³/mol. The number of tetrazole rings is 1. The SMILES string of the molecule is CC(C)(C(=O)NC(N)=O)[C@H]1c2ccccc2Oc2nc(-c3ccc(-n4cnnn4)cc3)ccc21. The smallest absolute Gasteiger partial charge is 0.318 e. The van der Waals surface area contributed by atoms with Crippen molar-refractivity contribution in [2.24, 2.45) is 11.1 Å². The van der Waals surface area contributed by atoms with Crippen molar-refractivity contribution in [1.29, 1.82) is 0 Å². The van der Waals surface area contributed by atoms with Crippen molar-refractivity contribution in [2.45, 2.75) is 19.8 Å². The molecule has 10 nitrogen and oxygen atoms in total. The highest BCUT2D eigenvalue weighted by Gasteiger charge is 2.44. The number of benzene rings is 2. The lowest BCUT2D eigenvalue weighted by molar-refractivity contribution is -0.128. The van der Waals surface area contributed by atoms with Gasteiger partial charge in [0.25, 0.3) is 0 Å². The molecule has 170 valence electrons. The highest BCUT2D eigenvalue weighted by Crippen LogP contribution is 2.51. The van der Waals surface area contributed by atoms with Gasteiger partial charge in [-0.05, 0) is 34.7 Å². The van der Waals surface area contributed by atoms with Crippen LogP contribution in [-0.2, 0) is 4.79 Å². The minimum Gasteiger partial charge on any atom is -0.438 e. The van der Waals surface area contributed by atoms with Crippen molar-refractivity contribution in [3.05, 3.63) is 78.1 Å². The average Bonchev–Trinajstić information content (AvgIpc) is 3.37. The molecule has 3 N–H and O–H groups in total. The number of fused-ring (bicyclic) bond motifs is 2. The molecule has 1 aliphatic heterocycles. The van der Waals surface area contributed by atoms with E-state index in [9.17, 15) is 9.59 Å². The van der Waals surface area contributed by atoms with Gasteiger partial charge in [0.15, 0.2) is 0 Å². The number of rotatable bonds is 4. The zero-order valence-electron chi connectivity index (χ0n) is 18.5. The van der Waals surface area contributed by atoms with Crippen LogP contribution < -0.4 is 15.8 Å². The third-order valence-corrected chi connectivity index (χ3v) is 5.96. The fourth-order valence-electron chi connectivity index (χ4n) is 4.24. The summed E-state index contributed by atoms with van der Waals surface area (Å²) in [7, 11) is 0. The third-order valence-electron chi connectivity index (χ3n) is 5.96. The molecule has 0 bridgehead atoms. The number of urea groups is 1. The summed E-state index contributed by atoms with van der Waals surface area (Å²) in [5, 5.41) is 13.4. The van der Waals surface area contributed by atoms with Crippen molar-refractivity contribution >= 4 is 11.9 Å². The molecule has 10 heteroatoms. The molecule has 0 unspecified atom stereocenters. The number of carbonyl (C=O) groups is 2. The monoisotopic (exact) mass is 455 g/mol. The summed E-state index contributed by atoms with van der Waals surface area (Å²) in [5.41, 5.74) is 8.19. The highest BCUT2D eigenvalue weighted by molar-refractivity contribution is 5.97. The minimum absolute atomic E-state index is 0.407. The van der Waals surface area contributed by atoms with Gasteiger partial charge in [-0.15, -0.1) is 5.10 Å². The molecular formula is C24H21N7O3. The van der Waals surface area contributed by atoms with E-state index in [0.717, 1.165) is 22.4 Å². The Balaban J connectivity index is 1.55. The summed E-state index contributed by atoms with van der Waals surface area (Å²) in [4.78, 5) is 29.1. The Morgan fingerprint density at radius 3 is 2.50 bits per heavy atom. The number of nitrogens with zero attached hydrogens (tertiary/aromatic N) is 5. The average molecular weight is 455 g/mol. The van der Waals surface area contributed by atoms with E-state index in [0.29, 0.717) is 17.3 Å². The maximum absolute atomic E-state index is 12.9. The molecule has 0 saturated heterocycles. The number of amides is 3. The van der Waals surface area contributed by atoms with E-state index in [-0.39, 0.29) is 0 Å². The van der Waals surface area contributed by atoms with Gasteiger partial charge in [0.05, 0.1) is 16.8 Å². The number of ether oxygens (including phenoxy) is 1. The van der Waals surface area contributed by atoms with Crippen LogP contribution in [0.15, 0.2) is 67.0 Å². The van der Waals surface area contributed by atoms with Gasteiger partial charge < -0.3 is 10.5 Å². The van der Waals surface area contributed by atoms with E-state index >= 15 is 0 Å². The van der Waals surface area contributed by atoms with E-state index in [1.54, 1.807) is 18.5 Å². The van der Waals surface area contributed by atoms with Gasteiger partial charge in [0.1, 0.15) is 12.1 Å². The van der Waals surface area contributed by atoms with Crippen LogP contribution in [-0.4, -0.2) is 37.1 Å². The number of aromatic nitrogens is 5. The summed E-state index contributed by atoms with van der Waals surface area (Å²) < 4.78 is 7.71. The van der Waals surface area contributed by atoms with Crippen LogP contribution in [0.3, 0.4) is 0 Å². The van der Waals surface area contributed by atoms with Gasteiger partial charge in [0.2, 0.25) is 11.8 Å². The van der Waals surface area contributed by atoms with Crippen LogP contribution in [0.1, 0.15) is 30.9 Å². The number of hydrogen-bond donors (Lipinski definition) is 2. The van der Waals surface area contributed by atoms with Gasteiger partial charge in [-0.3, -0.25) is 10.1 Å². The number of imide groups is 1. The lowest BCUT2D eigenvalue weighted by atomic mass is 9.69. The lowest BCUT2D eigenvalue weighted by Crippen LogP contribution is -2.46. The normalized spacial score (nSPS) is 14.5. The highest BCUT2D eigenvalue weighted by atomic mass is 16.5. The maximum Gasteiger partial charge on any atom is 0.318 e.